The van der Waals surface area contributed by atoms with E-state index in [0.29, 0.717) is 12.1 Å². The normalized spacial score (nSPS) is 45.3. The molecule has 2 fully saturated rings. The smallest absolute Gasteiger partial charge is 0.0453 e. The number of hydrogen-bond donors (Lipinski definition) is 2. The Kier molecular flexibility index (Phi) is 4.91. The summed E-state index contributed by atoms with van der Waals surface area (Å²) in [4.78, 5) is 0. The van der Waals surface area contributed by atoms with Gasteiger partial charge < -0.3 is 5.73 Å². The van der Waals surface area contributed by atoms with Crippen LogP contribution < -0.4 is 11.2 Å². The summed E-state index contributed by atoms with van der Waals surface area (Å²) >= 11 is 0. The highest BCUT2D eigenvalue weighted by molar-refractivity contribution is 4.96. The van der Waals surface area contributed by atoms with Crippen molar-refractivity contribution in [3.05, 3.63) is 0 Å². The first-order chi connectivity index (χ1) is 8.96. The summed E-state index contributed by atoms with van der Waals surface area (Å²) in [6.07, 6.45) is 7.79. The van der Waals surface area contributed by atoms with Gasteiger partial charge in [0.05, 0.1) is 0 Å². The molecule has 1 aliphatic heterocycles. The number of hydrazine groups is 1. The van der Waals surface area contributed by atoms with Gasteiger partial charge >= 0.3 is 0 Å². The first-order valence-electron chi connectivity index (χ1n) is 8.22. The lowest BCUT2D eigenvalue weighted by atomic mass is 9.72. The van der Waals surface area contributed by atoms with E-state index in [2.05, 4.69) is 38.1 Å². The second kappa shape index (κ2) is 6.11. The van der Waals surface area contributed by atoms with Crippen molar-refractivity contribution in [1.29, 1.82) is 0 Å². The fraction of sp³-hybridized carbons (Fsp3) is 1.00. The van der Waals surface area contributed by atoms with E-state index in [0.717, 1.165) is 18.4 Å². The van der Waals surface area contributed by atoms with Crippen molar-refractivity contribution in [2.24, 2.45) is 17.6 Å². The Labute approximate surface area is 119 Å². The molecule has 3 N–H and O–H groups in total. The molecule has 0 spiro atoms. The molecule has 1 heterocycles. The summed E-state index contributed by atoms with van der Waals surface area (Å²) < 4.78 is 0. The number of piperidine rings is 1. The number of rotatable bonds is 3. The summed E-state index contributed by atoms with van der Waals surface area (Å²) in [5.74, 6) is 1.57. The standard InChI is InChI=1S/C16H33N3/c1-12-8-13(2)10-16(9-12,11-17)18-19-14(3)6-5-7-15(19)4/h12-15,18H,5-11,17H2,1-4H3. The maximum atomic E-state index is 6.18. The molecule has 3 heteroatoms. The van der Waals surface area contributed by atoms with E-state index in [4.69, 9.17) is 5.73 Å². The maximum Gasteiger partial charge on any atom is 0.0453 e. The van der Waals surface area contributed by atoms with Gasteiger partial charge in [-0.2, -0.15) is 0 Å². The van der Waals surface area contributed by atoms with Gasteiger partial charge in [0.15, 0.2) is 0 Å². The molecule has 0 radical (unpaired) electrons. The van der Waals surface area contributed by atoms with E-state index >= 15 is 0 Å². The molecule has 4 atom stereocenters. The van der Waals surface area contributed by atoms with Crippen molar-refractivity contribution in [2.75, 3.05) is 6.54 Å². The second-order valence-electron chi connectivity index (χ2n) is 7.49. The van der Waals surface area contributed by atoms with Gasteiger partial charge in [-0.1, -0.05) is 20.3 Å². The van der Waals surface area contributed by atoms with Crippen LogP contribution in [0.25, 0.3) is 0 Å². The molecule has 3 nitrogen and oxygen atoms in total. The summed E-state index contributed by atoms with van der Waals surface area (Å²) in [7, 11) is 0. The van der Waals surface area contributed by atoms with E-state index in [9.17, 15) is 0 Å². The van der Waals surface area contributed by atoms with Gasteiger partial charge in [0.25, 0.3) is 0 Å². The van der Waals surface area contributed by atoms with E-state index in [1.54, 1.807) is 0 Å². The number of nitrogens with two attached hydrogens (primary N) is 1. The van der Waals surface area contributed by atoms with Gasteiger partial charge in [0.1, 0.15) is 0 Å². The molecule has 2 aliphatic rings. The fourth-order valence-electron chi connectivity index (χ4n) is 4.49. The molecule has 1 saturated carbocycles. The van der Waals surface area contributed by atoms with Gasteiger partial charge in [-0.15, -0.1) is 0 Å². The first kappa shape index (κ1) is 15.3. The summed E-state index contributed by atoms with van der Waals surface area (Å²) in [6, 6.07) is 1.28. The molecule has 0 bridgehead atoms. The summed E-state index contributed by atoms with van der Waals surface area (Å²) in [6.45, 7) is 10.2. The Hall–Kier alpha value is -0.120. The van der Waals surface area contributed by atoms with Crippen LogP contribution in [0, 0.1) is 11.8 Å². The van der Waals surface area contributed by atoms with E-state index in [-0.39, 0.29) is 5.54 Å². The van der Waals surface area contributed by atoms with Crippen molar-refractivity contribution in [2.45, 2.75) is 83.8 Å². The molecular formula is C16H33N3. The minimum absolute atomic E-state index is 0.136. The van der Waals surface area contributed by atoms with Crippen LogP contribution in [0.3, 0.4) is 0 Å². The molecule has 2 rings (SSSR count). The highest BCUT2D eigenvalue weighted by Crippen LogP contribution is 2.36. The van der Waals surface area contributed by atoms with Crippen LogP contribution in [0.1, 0.15) is 66.2 Å². The highest BCUT2D eigenvalue weighted by Gasteiger charge is 2.40. The zero-order chi connectivity index (χ0) is 14.0. The van der Waals surface area contributed by atoms with Gasteiger partial charge in [-0.3, -0.25) is 0 Å². The van der Waals surface area contributed by atoms with Gasteiger partial charge in [-0.25, -0.2) is 10.4 Å². The molecule has 0 amide bonds. The Morgan fingerprint density at radius 2 is 1.58 bits per heavy atom. The second-order valence-corrected chi connectivity index (χ2v) is 7.49. The largest absolute Gasteiger partial charge is 0.329 e. The van der Waals surface area contributed by atoms with Crippen LogP contribution in [0.15, 0.2) is 0 Å². The number of nitrogens with zero attached hydrogens (tertiary/aromatic N) is 1. The Bertz CT molecular complexity index is 272. The molecular weight excluding hydrogens is 234 g/mol. The van der Waals surface area contributed by atoms with Crippen LogP contribution in [-0.4, -0.2) is 29.2 Å². The third-order valence-electron chi connectivity index (χ3n) is 5.23. The number of nitrogens with one attached hydrogen (secondary N) is 1. The average Bonchev–Trinajstić information content (AvgIpc) is 2.33. The van der Waals surface area contributed by atoms with Crippen LogP contribution in [0.5, 0.6) is 0 Å². The van der Waals surface area contributed by atoms with Crippen LogP contribution in [0.2, 0.25) is 0 Å². The summed E-state index contributed by atoms with van der Waals surface area (Å²) in [5.41, 5.74) is 10.2. The molecule has 0 aromatic carbocycles. The molecule has 19 heavy (non-hydrogen) atoms. The van der Waals surface area contributed by atoms with Gasteiger partial charge in [-0.05, 0) is 57.8 Å². The molecule has 4 unspecified atom stereocenters. The zero-order valence-corrected chi connectivity index (χ0v) is 13.3. The lowest BCUT2D eigenvalue weighted by Gasteiger charge is -2.50. The van der Waals surface area contributed by atoms with E-state index in [1.807, 2.05) is 0 Å². The Morgan fingerprint density at radius 3 is 2.05 bits per heavy atom. The van der Waals surface area contributed by atoms with Crippen molar-refractivity contribution in [3.8, 4) is 0 Å². The highest BCUT2D eigenvalue weighted by atomic mass is 15.6. The quantitative estimate of drug-likeness (QED) is 0.826. The van der Waals surface area contributed by atoms with Crippen LogP contribution >= 0.6 is 0 Å². The fourth-order valence-corrected chi connectivity index (χ4v) is 4.49. The van der Waals surface area contributed by atoms with Gasteiger partial charge in [0, 0.05) is 24.2 Å². The topological polar surface area (TPSA) is 41.3 Å². The Balaban J connectivity index is 2.08. The SMILES string of the molecule is CC1CC(C)CC(CN)(NN2C(C)CCCC2C)C1. The number of hydrogen-bond acceptors (Lipinski definition) is 3. The lowest BCUT2D eigenvalue weighted by molar-refractivity contribution is -0.0228. The van der Waals surface area contributed by atoms with Crippen molar-refractivity contribution in [1.82, 2.24) is 10.4 Å². The van der Waals surface area contributed by atoms with Gasteiger partial charge in [0.2, 0.25) is 0 Å². The van der Waals surface area contributed by atoms with Crippen LogP contribution in [-0.2, 0) is 0 Å². The Morgan fingerprint density at radius 1 is 1.05 bits per heavy atom. The van der Waals surface area contributed by atoms with Crippen molar-refractivity contribution in [3.63, 3.8) is 0 Å². The van der Waals surface area contributed by atoms with Crippen LogP contribution in [0.4, 0.5) is 0 Å². The molecule has 0 aromatic heterocycles. The van der Waals surface area contributed by atoms with E-state index < -0.39 is 0 Å². The molecule has 0 aromatic rings. The predicted octanol–water partition coefficient (Wildman–Crippen LogP) is 2.91. The zero-order valence-electron chi connectivity index (χ0n) is 13.3. The van der Waals surface area contributed by atoms with E-state index in [1.165, 1.54) is 38.5 Å². The third kappa shape index (κ3) is 3.50. The minimum atomic E-state index is 0.136. The molecule has 1 aliphatic carbocycles. The molecule has 1 saturated heterocycles. The third-order valence-corrected chi connectivity index (χ3v) is 5.23. The molecule has 112 valence electrons. The van der Waals surface area contributed by atoms with Crippen molar-refractivity contribution < 1.29 is 0 Å². The summed E-state index contributed by atoms with van der Waals surface area (Å²) in [5, 5.41) is 2.52. The first-order valence-corrected chi connectivity index (χ1v) is 8.22. The average molecular weight is 267 g/mol. The maximum absolute atomic E-state index is 6.18. The van der Waals surface area contributed by atoms with Crippen molar-refractivity contribution >= 4 is 0 Å². The minimum Gasteiger partial charge on any atom is -0.329 e. The lowest BCUT2D eigenvalue weighted by Crippen LogP contribution is -2.65. The predicted molar refractivity (Wildman–Crippen MR) is 81.7 cm³/mol. The monoisotopic (exact) mass is 267 g/mol.